The van der Waals surface area contributed by atoms with Gasteiger partial charge < -0.3 is 14.2 Å². The number of esters is 3. The Balaban J connectivity index is 4.03. The molecule has 0 radical (unpaired) electrons. The van der Waals surface area contributed by atoms with Crippen LogP contribution in [0.5, 0.6) is 0 Å². The lowest BCUT2D eigenvalue weighted by atomic mass is 10.0. The van der Waals surface area contributed by atoms with E-state index in [2.05, 4.69) is 32.9 Å². The number of carbonyl (C=O) groups excluding carboxylic acids is 3. The van der Waals surface area contributed by atoms with E-state index in [0.29, 0.717) is 19.3 Å². The fourth-order valence-corrected chi connectivity index (χ4v) is 11.3. The van der Waals surface area contributed by atoms with Crippen LogP contribution in [-0.2, 0) is 28.6 Å². The Kier molecular flexibility index (Phi) is 67.0. The van der Waals surface area contributed by atoms with E-state index in [-0.39, 0.29) is 31.1 Å². The summed E-state index contributed by atoms with van der Waals surface area (Å²) < 4.78 is 17.0. The summed E-state index contributed by atoms with van der Waals surface area (Å²) in [6.45, 7) is 6.71. The number of rotatable bonds is 68. The van der Waals surface area contributed by atoms with E-state index in [9.17, 15) is 14.4 Å². The lowest BCUT2D eigenvalue weighted by molar-refractivity contribution is -0.167. The summed E-state index contributed by atoms with van der Waals surface area (Å²) in [5, 5.41) is 0. The molecule has 79 heavy (non-hydrogen) atoms. The summed E-state index contributed by atoms with van der Waals surface area (Å²) in [5.74, 6) is -0.839. The van der Waals surface area contributed by atoms with Gasteiger partial charge >= 0.3 is 17.9 Å². The largest absolute Gasteiger partial charge is 0.462 e. The Bertz CT molecular complexity index is 1230. The quantitative estimate of drug-likeness (QED) is 0.0261. The Labute approximate surface area is 494 Å². The molecule has 0 saturated carbocycles. The molecule has 0 aliphatic carbocycles. The molecule has 0 spiro atoms. The van der Waals surface area contributed by atoms with Gasteiger partial charge in [0.2, 0.25) is 0 Å². The summed E-state index contributed by atoms with van der Waals surface area (Å²) in [5.41, 5.74) is 0. The zero-order chi connectivity index (χ0) is 57.1. The highest BCUT2D eigenvalue weighted by Crippen LogP contribution is 2.19. The molecule has 1 atom stereocenters. The molecular formula is C73H140O6. The molecule has 0 rings (SSSR count). The second kappa shape index (κ2) is 68.6. The number of allylic oxidation sites excluding steroid dienone is 2. The molecule has 0 saturated heterocycles. The molecule has 0 aliphatic heterocycles. The highest BCUT2D eigenvalue weighted by Gasteiger charge is 2.19. The van der Waals surface area contributed by atoms with Crippen LogP contribution in [0.15, 0.2) is 12.2 Å². The molecule has 468 valence electrons. The third kappa shape index (κ3) is 66.8. The second-order valence-electron chi connectivity index (χ2n) is 24.9. The molecule has 0 bridgehead atoms. The standard InChI is InChI=1S/C73H140O6/c1-4-7-10-13-16-19-22-24-26-28-29-30-31-32-33-34-35-36-37-38-39-40-41-42-43-45-46-48-51-54-57-60-63-66-72(75)78-69-70(68-77-71(74)65-62-59-56-53-50-21-18-15-12-9-6-3)79-73(76)67-64-61-58-55-52-49-47-44-27-25-23-20-17-14-11-8-5-2/h25,27,70H,4-24,26,28-69H2,1-3H3/b27-25-. The molecule has 6 heteroatoms. The monoisotopic (exact) mass is 1110 g/mol. The van der Waals surface area contributed by atoms with Gasteiger partial charge in [0.1, 0.15) is 13.2 Å². The van der Waals surface area contributed by atoms with E-state index < -0.39 is 6.10 Å². The maximum absolute atomic E-state index is 12.9. The predicted molar refractivity (Wildman–Crippen MR) is 344 cm³/mol. The number of hydrogen-bond donors (Lipinski definition) is 0. The first-order valence-corrected chi connectivity index (χ1v) is 36.2. The maximum Gasteiger partial charge on any atom is 0.306 e. The SMILES string of the molecule is CCCCCCCC/C=C\CCCCCCCCCC(=O)OC(COC(=O)CCCCCCCCCCCCC)COC(=O)CCCCCCCCCCCCCCCCCCCCCCCCCCCCCCCCCCC. The molecule has 0 fully saturated rings. The predicted octanol–water partition coefficient (Wildman–Crippen LogP) is 24.8. The van der Waals surface area contributed by atoms with E-state index in [1.165, 1.54) is 321 Å². The first kappa shape index (κ1) is 77.2. The van der Waals surface area contributed by atoms with Gasteiger partial charge in [-0.05, 0) is 44.9 Å². The minimum atomic E-state index is -0.768. The molecule has 0 amide bonds. The van der Waals surface area contributed by atoms with Gasteiger partial charge in [0.15, 0.2) is 6.10 Å². The minimum absolute atomic E-state index is 0.0653. The fraction of sp³-hybridized carbons (Fsp3) is 0.932. The number of hydrogen-bond acceptors (Lipinski definition) is 6. The maximum atomic E-state index is 12.9. The van der Waals surface area contributed by atoms with E-state index in [1.807, 2.05) is 0 Å². The fourth-order valence-electron chi connectivity index (χ4n) is 11.3. The van der Waals surface area contributed by atoms with Gasteiger partial charge in [0.05, 0.1) is 0 Å². The number of unbranched alkanes of at least 4 members (excludes halogenated alkanes) is 55. The van der Waals surface area contributed by atoms with Crippen molar-refractivity contribution in [3.8, 4) is 0 Å². The van der Waals surface area contributed by atoms with Gasteiger partial charge in [0, 0.05) is 19.3 Å². The van der Waals surface area contributed by atoms with Crippen molar-refractivity contribution in [3.63, 3.8) is 0 Å². The van der Waals surface area contributed by atoms with Crippen LogP contribution in [0.4, 0.5) is 0 Å². The molecule has 0 aliphatic rings. The molecular weight excluding hydrogens is 973 g/mol. The van der Waals surface area contributed by atoms with Gasteiger partial charge in [0.25, 0.3) is 0 Å². The van der Waals surface area contributed by atoms with Crippen LogP contribution in [0, 0.1) is 0 Å². The van der Waals surface area contributed by atoms with Crippen molar-refractivity contribution >= 4 is 17.9 Å². The highest BCUT2D eigenvalue weighted by molar-refractivity contribution is 5.71. The van der Waals surface area contributed by atoms with Crippen LogP contribution in [0.3, 0.4) is 0 Å². The normalized spacial score (nSPS) is 12.0. The Morgan fingerprint density at radius 3 is 0.633 bits per heavy atom. The zero-order valence-electron chi connectivity index (χ0n) is 53.9. The first-order valence-electron chi connectivity index (χ1n) is 36.2. The van der Waals surface area contributed by atoms with Crippen molar-refractivity contribution in [2.45, 2.75) is 425 Å². The van der Waals surface area contributed by atoms with E-state index in [4.69, 9.17) is 14.2 Å². The van der Waals surface area contributed by atoms with E-state index >= 15 is 0 Å². The van der Waals surface area contributed by atoms with Crippen LogP contribution >= 0.6 is 0 Å². The number of ether oxygens (including phenoxy) is 3. The van der Waals surface area contributed by atoms with Crippen LogP contribution in [-0.4, -0.2) is 37.2 Å². The third-order valence-corrected chi connectivity index (χ3v) is 16.8. The van der Waals surface area contributed by atoms with Crippen LogP contribution < -0.4 is 0 Å². The van der Waals surface area contributed by atoms with Gasteiger partial charge in [-0.25, -0.2) is 0 Å². The van der Waals surface area contributed by atoms with E-state index in [0.717, 1.165) is 57.8 Å². The number of carbonyl (C=O) groups is 3. The van der Waals surface area contributed by atoms with Crippen LogP contribution in [0.2, 0.25) is 0 Å². The van der Waals surface area contributed by atoms with E-state index in [1.54, 1.807) is 0 Å². The first-order chi connectivity index (χ1) is 39.0. The molecule has 0 aromatic heterocycles. The average molecular weight is 1110 g/mol. The molecule has 1 unspecified atom stereocenters. The lowest BCUT2D eigenvalue weighted by Gasteiger charge is -2.18. The average Bonchev–Trinajstić information content (AvgIpc) is 3.45. The lowest BCUT2D eigenvalue weighted by Crippen LogP contribution is -2.30. The summed E-state index contributed by atoms with van der Waals surface area (Å²) in [4.78, 5) is 38.3. The third-order valence-electron chi connectivity index (χ3n) is 16.8. The van der Waals surface area contributed by atoms with Crippen molar-refractivity contribution in [2.24, 2.45) is 0 Å². The van der Waals surface area contributed by atoms with Gasteiger partial charge in [-0.2, -0.15) is 0 Å². The summed E-state index contributed by atoms with van der Waals surface area (Å²) in [6, 6.07) is 0. The Morgan fingerprint density at radius 2 is 0.418 bits per heavy atom. The van der Waals surface area contributed by atoms with Gasteiger partial charge in [-0.15, -0.1) is 0 Å². The van der Waals surface area contributed by atoms with Crippen molar-refractivity contribution in [1.29, 1.82) is 0 Å². The van der Waals surface area contributed by atoms with Crippen molar-refractivity contribution in [2.75, 3.05) is 13.2 Å². The van der Waals surface area contributed by atoms with Crippen molar-refractivity contribution in [3.05, 3.63) is 12.2 Å². The van der Waals surface area contributed by atoms with Crippen LogP contribution in [0.25, 0.3) is 0 Å². The minimum Gasteiger partial charge on any atom is -0.462 e. The molecule has 0 N–H and O–H groups in total. The Morgan fingerprint density at radius 1 is 0.241 bits per heavy atom. The van der Waals surface area contributed by atoms with Gasteiger partial charge in [-0.1, -0.05) is 367 Å². The smallest absolute Gasteiger partial charge is 0.306 e. The molecule has 0 aromatic carbocycles. The van der Waals surface area contributed by atoms with Gasteiger partial charge in [-0.3, -0.25) is 14.4 Å². The summed E-state index contributed by atoms with van der Waals surface area (Å²) in [6.07, 6.45) is 82.7. The molecule has 6 nitrogen and oxygen atoms in total. The zero-order valence-corrected chi connectivity index (χ0v) is 53.9. The topological polar surface area (TPSA) is 78.9 Å². The van der Waals surface area contributed by atoms with Crippen molar-refractivity contribution in [1.82, 2.24) is 0 Å². The summed E-state index contributed by atoms with van der Waals surface area (Å²) in [7, 11) is 0. The Hall–Kier alpha value is -1.85. The highest BCUT2D eigenvalue weighted by atomic mass is 16.6. The van der Waals surface area contributed by atoms with Crippen LogP contribution in [0.1, 0.15) is 419 Å². The summed E-state index contributed by atoms with van der Waals surface area (Å²) >= 11 is 0. The second-order valence-corrected chi connectivity index (χ2v) is 24.9. The van der Waals surface area contributed by atoms with Crippen molar-refractivity contribution < 1.29 is 28.6 Å². The molecule has 0 heterocycles. The molecule has 0 aromatic rings.